The van der Waals surface area contributed by atoms with Crippen molar-refractivity contribution >= 4 is 29.0 Å². The summed E-state index contributed by atoms with van der Waals surface area (Å²) in [5, 5.41) is 0.214. The van der Waals surface area contributed by atoms with Gasteiger partial charge in [-0.25, -0.2) is 4.39 Å². The summed E-state index contributed by atoms with van der Waals surface area (Å²) in [6.07, 6.45) is 0. The van der Waals surface area contributed by atoms with Crippen molar-refractivity contribution < 1.29 is 9.18 Å². The fourth-order valence-electron chi connectivity index (χ4n) is 0.779. The van der Waals surface area contributed by atoms with Gasteiger partial charge >= 0.3 is 0 Å². The van der Waals surface area contributed by atoms with Gasteiger partial charge in [0.05, 0.1) is 5.02 Å². The van der Waals surface area contributed by atoms with Gasteiger partial charge in [-0.05, 0) is 12.1 Å². The lowest BCUT2D eigenvalue weighted by Gasteiger charge is -2.01. The Kier molecular flexibility index (Phi) is 3.06. The molecule has 1 nitrogen and oxygen atoms in total. The van der Waals surface area contributed by atoms with E-state index in [0.717, 1.165) is 0 Å². The van der Waals surface area contributed by atoms with E-state index in [1.807, 2.05) is 0 Å². The molecule has 0 bridgehead atoms. The van der Waals surface area contributed by atoms with Crippen LogP contribution in [0.15, 0.2) is 24.3 Å². The molecule has 0 heterocycles. The minimum Gasteiger partial charge on any atom is -0.289 e. The quantitative estimate of drug-likeness (QED) is 0.538. The van der Waals surface area contributed by atoms with E-state index in [2.05, 4.69) is 0 Å². The fraction of sp³-hybridized carbons (Fsp3) is 0.125. The molecule has 1 unspecified atom stereocenters. The Morgan fingerprint density at radius 1 is 1.42 bits per heavy atom. The zero-order valence-corrected chi connectivity index (χ0v) is 7.44. The Morgan fingerprint density at radius 3 is 2.50 bits per heavy atom. The lowest BCUT2D eigenvalue weighted by Crippen LogP contribution is -2.09. The van der Waals surface area contributed by atoms with Crippen LogP contribution in [0, 0.1) is 0 Å². The zero-order chi connectivity index (χ0) is 9.14. The number of carbonyl (C=O) groups is 1. The maximum absolute atomic E-state index is 12.3. The molecule has 1 rings (SSSR count). The van der Waals surface area contributed by atoms with E-state index in [0.29, 0.717) is 0 Å². The molecule has 0 amide bonds. The smallest absolute Gasteiger partial charge is 0.235 e. The normalized spacial score (nSPS) is 12.6. The van der Waals surface area contributed by atoms with Gasteiger partial charge in [-0.1, -0.05) is 35.3 Å². The minimum absolute atomic E-state index is 0.113. The van der Waals surface area contributed by atoms with Crippen LogP contribution in [0.2, 0.25) is 5.02 Å². The van der Waals surface area contributed by atoms with Crippen molar-refractivity contribution in [2.75, 3.05) is 0 Å². The monoisotopic (exact) mass is 206 g/mol. The molecule has 4 heteroatoms. The van der Waals surface area contributed by atoms with Crippen LogP contribution >= 0.6 is 23.2 Å². The molecule has 0 aliphatic carbocycles. The average Bonchev–Trinajstić information content (AvgIpc) is 2.04. The van der Waals surface area contributed by atoms with E-state index >= 15 is 0 Å². The predicted octanol–water partition coefficient (Wildman–Crippen LogP) is 3.06. The van der Waals surface area contributed by atoms with Gasteiger partial charge in [-0.2, -0.15) is 0 Å². The summed E-state index contributed by atoms with van der Waals surface area (Å²) >= 11 is 10.6. The first-order chi connectivity index (χ1) is 5.63. The van der Waals surface area contributed by atoms with Crippen LogP contribution in [-0.4, -0.2) is 11.4 Å². The number of halogens is 3. The SMILES string of the molecule is O=C(c1ccccc1Cl)C(F)Cl. The highest BCUT2D eigenvalue weighted by molar-refractivity contribution is 6.38. The number of hydrogen-bond acceptors (Lipinski definition) is 1. The van der Waals surface area contributed by atoms with Gasteiger partial charge in [0, 0.05) is 5.56 Å². The van der Waals surface area contributed by atoms with Gasteiger partial charge in [0.25, 0.3) is 0 Å². The molecule has 0 saturated heterocycles. The molecule has 0 radical (unpaired) electrons. The number of rotatable bonds is 2. The van der Waals surface area contributed by atoms with Gasteiger partial charge in [0.1, 0.15) is 0 Å². The van der Waals surface area contributed by atoms with Crippen LogP contribution in [-0.2, 0) is 0 Å². The van der Waals surface area contributed by atoms with Crippen LogP contribution in [0.25, 0.3) is 0 Å². The maximum atomic E-state index is 12.3. The molecule has 64 valence electrons. The number of Topliss-reactive ketones (excluding diaryl/α,β-unsaturated/α-hetero) is 1. The van der Waals surface area contributed by atoms with Crippen LogP contribution in [0.3, 0.4) is 0 Å². The molecular weight excluding hydrogens is 202 g/mol. The molecule has 0 N–H and O–H groups in total. The third-order valence-corrected chi connectivity index (χ3v) is 1.87. The number of alkyl halides is 2. The molecule has 0 aromatic heterocycles. The van der Waals surface area contributed by atoms with Crippen molar-refractivity contribution in [2.24, 2.45) is 0 Å². The van der Waals surface area contributed by atoms with Gasteiger partial charge in [-0.3, -0.25) is 4.79 Å². The lowest BCUT2D eigenvalue weighted by molar-refractivity contribution is 0.0934. The Labute approximate surface area is 79.1 Å². The molecule has 0 fully saturated rings. The third-order valence-electron chi connectivity index (χ3n) is 1.34. The first-order valence-electron chi connectivity index (χ1n) is 3.20. The second-order valence-corrected chi connectivity index (χ2v) is 2.94. The van der Waals surface area contributed by atoms with E-state index in [4.69, 9.17) is 23.2 Å². The van der Waals surface area contributed by atoms with E-state index in [9.17, 15) is 9.18 Å². The highest BCUT2D eigenvalue weighted by Gasteiger charge is 2.17. The fourth-order valence-corrected chi connectivity index (χ4v) is 1.12. The van der Waals surface area contributed by atoms with Crippen LogP contribution in [0.4, 0.5) is 4.39 Å². The number of carbonyl (C=O) groups excluding carboxylic acids is 1. The minimum atomic E-state index is -2.02. The Balaban J connectivity index is 3.03. The van der Waals surface area contributed by atoms with E-state index in [1.54, 1.807) is 12.1 Å². The predicted molar refractivity (Wildman–Crippen MR) is 46.5 cm³/mol. The summed E-state index contributed by atoms with van der Waals surface area (Å²) in [7, 11) is 0. The van der Waals surface area contributed by atoms with Crippen molar-refractivity contribution in [1.82, 2.24) is 0 Å². The molecule has 12 heavy (non-hydrogen) atoms. The van der Waals surface area contributed by atoms with Gasteiger partial charge in [-0.15, -0.1) is 0 Å². The first kappa shape index (κ1) is 9.49. The largest absolute Gasteiger partial charge is 0.289 e. The Bertz CT molecular complexity index is 299. The molecule has 0 saturated carbocycles. The molecule has 0 aliphatic rings. The summed E-state index contributed by atoms with van der Waals surface area (Å²) in [6.45, 7) is 0. The molecule has 1 aromatic rings. The van der Waals surface area contributed by atoms with Crippen molar-refractivity contribution in [2.45, 2.75) is 5.63 Å². The molecule has 0 spiro atoms. The van der Waals surface area contributed by atoms with Gasteiger partial charge in [0.2, 0.25) is 11.4 Å². The first-order valence-corrected chi connectivity index (χ1v) is 4.01. The summed E-state index contributed by atoms with van der Waals surface area (Å²) in [5.41, 5.74) is -1.91. The zero-order valence-electron chi connectivity index (χ0n) is 5.93. The highest BCUT2D eigenvalue weighted by atomic mass is 35.5. The topological polar surface area (TPSA) is 17.1 Å². The van der Waals surface area contributed by atoms with Crippen molar-refractivity contribution in [3.05, 3.63) is 34.9 Å². The van der Waals surface area contributed by atoms with Gasteiger partial charge in [0.15, 0.2) is 0 Å². The van der Waals surface area contributed by atoms with Crippen molar-refractivity contribution in [3.8, 4) is 0 Å². The third kappa shape index (κ3) is 1.96. The van der Waals surface area contributed by atoms with E-state index in [1.165, 1.54) is 12.1 Å². The van der Waals surface area contributed by atoms with Crippen LogP contribution in [0.1, 0.15) is 10.4 Å². The summed E-state index contributed by atoms with van der Waals surface area (Å²) in [6, 6.07) is 6.19. The lowest BCUT2D eigenvalue weighted by atomic mass is 10.1. The Hall–Kier alpha value is -0.600. The average molecular weight is 207 g/mol. The number of hydrogen-bond donors (Lipinski definition) is 0. The summed E-state index contributed by atoms with van der Waals surface area (Å²) < 4.78 is 12.3. The summed E-state index contributed by atoms with van der Waals surface area (Å²) in [4.78, 5) is 11.0. The summed E-state index contributed by atoms with van der Waals surface area (Å²) in [5.74, 6) is -0.803. The maximum Gasteiger partial charge on any atom is 0.235 e. The number of ketones is 1. The van der Waals surface area contributed by atoms with Crippen LogP contribution < -0.4 is 0 Å². The second kappa shape index (κ2) is 3.87. The molecule has 0 aliphatic heterocycles. The van der Waals surface area contributed by atoms with Crippen molar-refractivity contribution in [3.63, 3.8) is 0 Å². The second-order valence-electron chi connectivity index (χ2n) is 2.14. The standard InChI is InChI=1S/C8H5Cl2FO/c9-6-4-2-1-3-5(6)7(12)8(10)11/h1-4,8H. The van der Waals surface area contributed by atoms with E-state index in [-0.39, 0.29) is 10.6 Å². The molecule has 1 aromatic carbocycles. The van der Waals surface area contributed by atoms with Crippen molar-refractivity contribution in [1.29, 1.82) is 0 Å². The van der Waals surface area contributed by atoms with E-state index < -0.39 is 11.4 Å². The highest BCUT2D eigenvalue weighted by Crippen LogP contribution is 2.18. The van der Waals surface area contributed by atoms with Crippen LogP contribution in [0.5, 0.6) is 0 Å². The molecule has 1 atom stereocenters. The molecular formula is C8H5Cl2FO. The Morgan fingerprint density at radius 2 is 2.00 bits per heavy atom. The van der Waals surface area contributed by atoms with Gasteiger partial charge < -0.3 is 0 Å². The number of benzene rings is 1.